The van der Waals surface area contributed by atoms with Crippen LogP contribution in [-0.4, -0.2) is 62.8 Å². The predicted octanol–water partition coefficient (Wildman–Crippen LogP) is 2.84. The van der Waals surface area contributed by atoms with E-state index in [0.29, 0.717) is 5.69 Å². The van der Waals surface area contributed by atoms with Gasteiger partial charge in [-0.2, -0.15) is 18.3 Å². The van der Waals surface area contributed by atoms with Crippen molar-refractivity contribution >= 4 is 11.9 Å². The average molecular weight is 424 g/mol. The molecule has 0 bridgehead atoms. The monoisotopic (exact) mass is 424 g/mol. The number of aromatic amines is 1. The van der Waals surface area contributed by atoms with Gasteiger partial charge in [0.2, 0.25) is 0 Å². The molecular formula is C20H23F3N4O3. The molecule has 2 aliphatic rings. The van der Waals surface area contributed by atoms with E-state index in [2.05, 4.69) is 39.4 Å². The molecule has 2 N–H and O–H groups in total. The zero-order valence-corrected chi connectivity index (χ0v) is 16.3. The molecule has 30 heavy (non-hydrogen) atoms. The fraction of sp³-hybridized carbons (Fsp3) is 0.450. The topological polar surface area (TPSA) is 89.5 Å². The summed E-state index contributed by atoms with van der Waals surface area (Å²) >= 11 is 0. The van der Waals surface area contributed by atoms with Crippen molar-refractivity contribution < 1.29 is 27.9 Å². The second-order valence-corrected chi connectivity index (χ2v) is 7.28. The van der Waals surface area contributed by atoms with Gasteiger partial charge in [-0.05, 0) is 24.8 Å². The molecule has 0 unspecified atom stereocenters. The average Bonchev–Trinajstić information content (AvgIpc) is 3.38. The summed E-state index contributed by atoms with van der Waals surface area (Å²) in [5.74, 6) is -2.65. The van der Waals surface area contributed by atoms with E-state index < -0.39 is 12.1 Å². The number of hydrogen-bond donors (Lipinski definition) is 2. The maximum absolute atomic E-state index is 12.6. The van der Waals surface area contributed by atoms with Crippen LogP contribution in [-0.2, 0) is 24.3 Å². The van der Waals surface area contributed by atoms with Crippen LogP contribution >= 0.6 is 0 Å². The zero-order chi connectivity index (χ0) is 21.7. The number of aliphatic carboxylic acids is 1. The highest BCUT2D eigenvalue weighted by Crippen LogP contribution is 2.23. The molecule has 10 heteroatoms. The highest BCUT2D eigenvalue weighted by atomic mass is 19.4. The Morgan fingerprint density at radius 3 is 2.33 bits per heavy atom. The molecular weight excluding hydrogens is 401 g/mol. The van der Waals surface area contributed by atoms with Crippen molar-refractivity contribution in [1.29, 1.82) is 0 Å². The van der Waals surface area contributed by atoms with Crippen LogP contribution in [0, 0.1) is 0 Å². The molecule has 0 radical (unpaired) electrons. The van der Waals surface area contributed by atoms with E-state index in [1.807, 2.05) is 11.0 Å². The number of carboxylic acid groups (broad SMARTS) is 1. The highest BCUT2D eigenvalue weighted by molar-refractivity contribution is 5.94. The van der Waals surface area contributed by atoms with Crippen LogP contribution < -0.4 is 0 Å². The van der Waals surface area contributed by atoms with Crippen LogP contribution in [0.5, 0.6) is 0 Å². The highest BCUT2D eigenvalue weighted by Gasteiger charge is 2.38. The summed E-state index contributed by atoms with van der Waals surface area (Å²) in [6, 6.07) is 10.5. The van der Waals surface area contributed by atoms with Crippen molar-refractivity contribution in [3.8, 4) is 0 Å². The maximum atomic E-state index is 12.6. The van der Waals surface area contributed by atoms with E-state index in [1.165, 1.54) is 5.56 Å². The fourth-order valence-electron chi connectivity index (χ4n) is 3.60. The number of likely N-dealkylation sites (tertiary alicyclic amines) is 1. The lowest BCUT2D eigenvalue weighted by Crippen LogP contribution is -2.32. The van der Waals surface area contributed by atoms with Crippen LogP contribution in [0.2, 0.25) is 0 Å². The normalized spacial score (nSPS) is 16.6. The third-order valence-corrected chi connectivity index (χ3v) is 5.10. The van der Waals surface area contributed by atoms with Crippen molar-refractivity contribution in [2.75, 3.05) is 19.6 Å². The number of fused-ring (bicyclic) bond motifs is 1. The summed E-state index contributed by atoms with van der Waals surface area (Å²) < 4.78 is 31.7. The molecule has 1 amide bonds. The van der Waals surface area contributed by atoms with Crippen molar-refractivity contribution in [2.45, 2.75) is 38.5 Å². The molecule has 0 saturated carbocycles. The molecule has 2 aromatic rings. The molecule has 4 rings (SSSR count). The van der Waals surface area contributed by atoms with E-state index in [9.17, 15) is 18.0 Å². The van der Waals surface area contributed by atoms with E-state index in [4.69, 9.17) is 9.90 Å². The number of benzene rings is 1. The Balaban J connectivity index is 0.000000318. The smallest absolute Gasteiger partial charge is 0.475 e. The number of H-pyrrole nitrogens is 1. The second-order valence-electron chi connectivity index (χ2n) is 7.28. The van der Waals surface area contributed by atoms with Gasteiger partial charge in [0.05, 0.1) is 5.69 Å². The van der Waals surface area contributed by atoms with Crippen LogP contribution in [0.3, 0.4) is 0 Å². The minimum Gasteiger partial charge on any atom is -0.475 e. The molecule has 0 spiro atoms. The first kappa shape index (κ1) is 21.8. The first-order valence-corrected chi connectivity index (χ1v) is 9.67. The number of hydrogen-bond acceptors (Lipinski definition) is 4. The number of carboxylic acids is 1. The zero-order valence-electron chi connectivity index (χ0n) is 16.3. The Labute approximate surface area is 171 Å². The number of carbonyl (C=O) groups is 2. The van der Waals surface area contributed by atoms with Gasteiger partial charge in [-0.3, -0.25) is 14.8 Å². The van der Waals surface area contributed by atoms with Gasteiger partial charge >= 0.3 is 12.1 Å². The standard InChI is InChI=1S/C18H22N4O.C2HF3O2/c23-18(22-9-4-5-10-22)17-15-8-11-21(13-16(15)19-20-17)12-14-6-2-1-3-7-14;3-2(4,5)1(6)7/h1-3,6-7H,4-5,8-13H2,(H,19,20);(H,6,7). The molecule has 0 aliphatic carbocycles. The van der Waals surface area contributed by atoms with Crippen LogP contribution in [0.25, 0.3) is 0 Å². The van der Waals surface area contributed by atoms with Crippen LogP contribution in [0.15, 0.2) is 30.3 Å². The van der Waals surface area contributed by atoms with E-state index in [0.717, 1.165) is 63.2 Å². The van der Waals surface area contributed by atoms with Gasteiger partial charge < -0.3 is 10.0 Å². The number of carbonyl (C=O) groups excluding carboxylic acids is 1. The molecule has 1 fully saturated rings. The predicted molar refractivity (Wildman–Crippen MR) is 102 cm³/mol. The van der Waals surface area contributed by atoms with Crippen molar-refractivity contribution in [3.05, 3.63) is 52.8 Å². The SMILES string of the molecule is O=C(O)C(F)(F)F.O=C(c1n[nH]c2c1CCN(Cc1ccccc1)C2)N1CCCC1. The third kappa shape index (κ3) is 5.38. The van der Waals surface area contributed by atoms with E-state index in [1.54, 1.807) is 0 Å². The van der Waals surface area contributed by atoms with Crippen molar-refractivity contribution in [1.82, 2.24) is 20.0 Å². The summed E-state index contributed by atoms with van der Waals surface area (Å²) in [6.07, 6.45) is -1.96. The summed E-state index contributed by atoms with van der Waals surface area (Å²) in [7, 11) is 0. The minimum absolute atomic E-state index is 0.108. The number of nitrogens with zero attached hydrogens (tertiary/aromatic N) is 3. The van der Waals surface area contributed by atoms with Gasteiger partial charge in [0.15, 0.2) is 5.69 Å². The fourth-order valence-corrected chi connectivity index (χ4v) is 3.60. The third-order valence-electron chi connectivity index (χ3n) is 5.10. The Hall–Kier alpha value is -2.88. The quantitative estimate of drug-likeness (QED) is 0.791. The summed E-state index contributed by atoms with van der Waals surface area (Å²) in [5.41, 5.74) is 4.21. The number of nitrogens with one attached hydrogen (secondary N) is 1. The molecule has 1 saturated heterocycles. The molecule has 1 aromatic heterocycles. The van der Waals surface area contributed by atoms with Gasteiger partial charge in [-0.25, -0.2) is 4.79 Å². The van der Waals surface area contributed by atoms with Gasteiger partial charge in [-0.1, -0.05) is 30.3 Å². The van der Waals surface area contributed by atoms with Gasteiger partial charge in [0.25, 0.3) is 5.91 Å². The number of alkyl halides is 3. The molecule has 7 nitrogen and oxygen atoms in total. The molecule has 162 valence electrons. The summed E-state index contributed by atoms with van der Waals surface area (Å²) in [6.45, 7) is 4.50. The number of halogens is 3. The van der Waals surface area contributed by atoms with Gasteiger partial charge in [-0.15, -0.1) is 0 Å². The summed E-state index contributed by atoms with van der Waals surface area (Å²) in [5, 5.41) is 14.6. The Morgan fingerprint density at radius 1 is 1.10 bits per heavy atom. The molecule has 1 aromatic carbocycles. The Morgan fingerprint density at radius 2 is 1.73 bits per heavy atom. The number of aromatic nitrogens is 2. The maximum Gasteiger partial charge on any atom is 0.490 e. The molecule has 3 heterocycles. The van der Waals surface area contributed by atoms with Crippen LogP contribution in [0.1, 0.15) is 40.2 Å². The Bertz CT molecular complexity index is 877. The molecule has 2 aliphatic heterocycles. The van der Waals surface area contributed by atoms with Crippen molar-refractivity contribution in [2.24, 2.45) is 0 Å². The van der Waals surface area contributed by atoms with Crippen molar-refractivity contribution in [3.63, 3.8) is 0 Å². The van der Waals surface area contributed by atoms with E-state index >= 15 is 0 Å². The first-order chi connectivity index (χ1) is 14.3. The van der Waals surface area contributed by atoms with Gasteiger partial charge in [0.1, 0.15) is 0 Å². The van der Waals surface area contributed by atoms with Gasteiger partial charge in [0, 0.05) is 38.3 Å². The minimum atomic E-state index is -5.08. The van der Waals surface area contributed by atoms with E-state index in [-0.39, 0.29) is 5.91 Å². The number of rotatable bonds is 3. The number of amides is 1. The second kappa shape index (κ2) is 9.29. The Kier molecular flexibility index (Phi) is 6.76. The molecule has 0 atom stereocenters. The lowest BCUT2D eigenvalue weighted by atomic mass is 10.0. The first-order valence-electron chi connectivity index (χ1n) is 9.67. The summed E-state index contributed by atoms with van der Waals surface area (Å²) in [4.78, 5) is 25.8. The lowest BCUT2D eigenvalue weighted by Gasteiger charge is -2.27. The largest absolute Gasteiger partial charge is 0.490 e. The lowest BCUT2D eigenvalue weighted by molar-refractivity contribution is -0.192. The van der Waals surface area contributed by atoms with Crippen LogP contribution in [0.4, 0.5) is 13.2 Å².